The second-order valence-electron chi connectivity index (χ2n) is 11.8. The molecule has 0 saturated carbocycles. The van der Waals surface area contributed by atoms with Gasteiger partial charge in [0.1, 0.15) is 0 Å². The van der Waals surface area contributed by atoms with Gasteiger partial charge in [0.2, 0.25) is 0 Å². The third-order valence-corrected chi connectivity index (χ3v) is 9.31. The largest absolute Gasteiger partial charge is 0.244 e. The van der Waals surface area contributed by atoms with Crippen molar-refractivity contribution in [3.63, 3.8) is 0 Å². The lowest BCUT2D eigenvalue weighted by atomic mass is 9.67. The highest BCUT2D eigenvalue weighted by molar-refractivity contribution is 5.97. The van der Waals surface area contributed by atoms with Crippen LogP contribution in [0.4, 0.5) is 0 Å². The Morgan fingerprint density at radius 1 is 0.356 bits per heavy atom. The molecule has 1 aliphatic carbocycles. The molecule has 1 aliphatic rings. The Bertz CT molecular complexity index is 2320. The molecule has 1 aromatic heterocycles. The summed E-state index contributed by atoms with van der Waals surface area (Å²) in [5.41, 5.74) is 12.7. The summed E-state index contributed by atoms with van der Waals surface area (Å²) < 4.78 is 0. The van der Waals surface area contributed by atoms with E-state index in [1.54, 1.807) is 0 Å². The lowest BCUT2D eigenvalue weighted by molar-refractivity contribution is 0.770. The standard InChI is InChI=1S/C43H28N2/c1-4-14-29(15-5-1)41-42(45-40-23-13-12-22-39(40)44-41)32-24-25-35-36-26-30-16-10-11-17-31(30)27-38(36)43(37(35)28-32,33-18-6-2-7-19-33)34-20-8-3-9-21-34/h1-28H. The maximum atomic E-state index is 5.27. The summed E-state index contributed by atoms with van der Waals surface area (Å²) in [5.74, 6) is 0. The molecule has 0 fully saturated rings. The summed E-state index contributed by atoms with van der Waals surface area (Å²) in [6.45, 7) is 0. The Morgan fingerprint density at radius 3 is 1.47 bits per heavy atom. The van der Waals surface area contributed by atoms with Crippen LogP contribution in [0, 0.1) is 0 Å². The first kappa shape index (κ1) is 25.6. The first-order chi connectivity index (χ1) is 22.3. The molecule has 9 rings (SSSR count). The van der Waals surface area contributed by atoms with Crippen molar-refractivity contribution in [1.82, 2.24) is 9.97 Å². The predicted octanol–water partition coefficient (Wildman–Crippen LogP) is 10.5. The van der Waals surface area contributed by atoms with Gasteiger partial charge in [-0.2, -0.15) is 0 Å². The summed E-state index contributed by atoms with van der Waals surface area (Å²) in [6, 6.07) is 60.9. The van der Waals surface area contributed by atoms with Crippen LogP contribution in [0.1, 0.15) is 22.3 Å². The Kier molecular flexibility index (Phi) is 5.76. The molecule has 0 spiro atoms. The van der Waals surface area contributed by atoms with Gasteiger partial charge in [-0.1, -0.05) is 140 Å². The molecule has 0 unspecified atom stereocenters. The van der Waals surface area contributed by atoms with E-state index in [1.807, 2.05) is 30.3 Å². The van der Waals surface area contributed by atoms with Gasteiger partial charge in [-0.15, -0.1) is 0 Å². The van der Waals surface area contributed by atoms with Gasteiger partial charge in [0, 0.05) is 11.1 Å². The third-order valence-electron chi connectivity index (χ3n) is 9.31. The Labute approximate surface area is 262 Å². The van der Waals surface area contributed by atoms with E-state index in [0.29, 0.717) is 0 Å². The molecule has 45 heavy (non-hydrogen) atoms. The molecule has 0 saturated heterocycles. The molecule has 0 radical (unpaired) electrons. The second-order valence-corrected chi connectivity index (χ2v) is 11.8. The van der Waals surface area contributed by atoms with Crippen molar-refractivity contribution in [1.29, 1.82) is 0 Å². The first-order valence-electron chi connectivity index (χ1n) is 15.4. The van der Waals surface area contributed by atoms with Crippen LogP contribution in [0.25, 0.3) is 55.4 Å². The number of nitrogens with zero attached hydrogens (tertiary/aromatic N) is 2. The number of para-hydroxylation sites is 2. The summed E-state index contributed by atoms with van der Waals surface area (Å²) in [7, 11) is 0. The highest BCUT2D eigenvalue weighted by atomic mass is 14.8. The van der Waals surface area contributed by atoms with Gasteiger partial charge >= 0.3 is 0 Å². The van der Waals surface area contributed by atoms with Crippen molar-refractivity contribution in [3.05, 3.63) is 192 Å². The van der Waals surface area contributed by atoms with E-state index in [9.17, 15) is 0 Å². The fourth-order valence-electron chi connectivity index (χ4n) is 7.32. The highest BCUT2D eigenvalue weighted by Crippen LogP contribution is 2.57. The smallest absolute Gasteiger partial charge is 0.0973 e. The second kappa shape index (κ2) is 10.1. The van der Waals surface area contributed by atoms with Gasteiger partial charge in [0.15, 0.2) is 0 Å². The van der Waals surface area contributed by atoms with Crippen molar-refractivity contribution in [3.8, 4) is 33.6 Å². The van der Waals surface area contributed by atoms with Crippen LogP contribution in [0.5, 0.6) is 0 Å². The number of hydrogen-bond donors (Lipinski definition) is 0. The molecule has 0 amide bonds. The zero-order chi connectivity index (χ0) is 29.8. The van der Waals surface area contributed by atoms with Gasteiger partial charge in [-0.25, -0.2) is 9.97 Å². The molecule has 0 atom stereocenters. The Hall–Kier alpha value is -5.86. The quantitative estimate of drug-likeness (QED) is 0.210. The number of aromatic nitrogens is 2. The minimum absolute atomic E-state index is 0.510. The lowest BCUT2D eigenvalue weighted by Crippen LogP contribution is -2.28. The fourth-order valence-corrected chi connectivity index (χ4v) is 7.32. The molecule has 210 valence electrons. The van der Waals surface area contributed by atoms with Crippen LogP contribution in [-0.4, -0.2) is 9.97 Å². The summed E-state index contributed by atoms with van der Waals surface area (Å²) in [4.78, 5) is 10.5. The fraction of sp³-hybridized carbons (Fsp3) is 0.0233. The maximum absolute atomic E-state index is 5.27. The molecular formula is C43H28N2. The van der Waals surface area contributed by atoms with Crippen LogP contribution in [-0.2, 0) is 5.41 Å². The number of fused-ring (bicyclic) bond motifs is 5. The van der Waals surface area contributed by atoms with Gasteiger partial charge in [0.05, 0.1) is 27.8 Å². The molecule has 8 aromatic rings. The van der Waals surface area contributed by atoms with E-state index in [2.05, 4.69) is 140 Å². The normalized spacial score (nSPS) is 13.1. The minimum atomic E-state index is -0.510. The Morgan fingerprint density at radius 2 is 0.844 bits per heavy atom. The van der Waals surface area contributed by atoms with Crippen LogP contribution >= 0.6 is 0 Å². The van der Waals surface area contributed by atoms with Crippen LogP contribution in [0.15, 0.2) is 170 Å². The number of rotatable bonds is 4. The summed E-state index contributed by atoms with van der Waals surface area (Å²) >= 11 is 0. The molecular weight excluding hydrogens is 544 g/mol. The van der Waals surface area contributed by atoms with E-state index in [1.165, 1.54) is 44.2 Å². The molecule has 0 aliphatic heterocycles. The average molecular weight is 573 g/mol. The Balaban J connectivity index is 1.40. The number of hydrogen-bond acceptors (Lipinski definition) is 2. The van der Waals surface area contributed by atoms with Crippen molar-refractivity contribution in [2.45, 2.75) is 5.41 Å². The average Bonchev–Trinajstić information content (AvgIpc) is 3.40. The predicted molar refractivity (Wildman–Crippen MR) is 185 cm³/mol. The van der Waals surface area contributed by atoms with Crippen molar-refractivity contribution in [2.75, 3.05) is 0 Å². The molecule has 0 bridgehead atoms. The summed E-state index contributed by atoms with van der Waals surface area (Å²) in [5, 5.41) is 2.49. The van der Waals surface area contributed by atoms with Gasteiger partial charge < -0.3 is 0 Å². The molecule has 2 nitrogen and oxygen atoms in total. The third kappa shape index (κ3) is 3.89. The molecule has 1 heterocycles. The van der Waals surface area contributed by atoms with E-state index in [4.69, 9.17) is 9.97 Å². The van der Waals surface area contributed by atoms with E-state index in [0.717, 1.165) is 33.5 Å². The zero-order valence-corrected chi connectivity index (χ0v) is 24.6. The van der Waals surface area contributed by atoms with Gasteiger partial charge in [-0.05, 0) is 74.5 Å². The van der Waals surface area contributed by atoms with Crippen LogP contribution in [0.2, 0.25) is 0 Å². The van der Waals surface area contributed by atoms with Gasteiger partial charge in [-0.3, -0.25) is 0 Å². The maximum Gasteiger partial charge on any atom is 0.0973 e. The van der Waals surface area contributed by atoms with Crippen LogP contribution in [0.3, 0.4) is 0 Å². The summed E-state index contributed by atoms with van der Waals surface area (Å²) in [6.07, 6.45) is 0. The number of benzene rings is 7. The highest BCUT2D eigenvalue weighted by Gasteiger charge is 2.46. The zero-order valence-electron chi connectivity index (χ0n) is 24.6. The minimum Gasteiger partial charge on any atom is -0.244 e. The van der Waals surface area contributed by atoms with E-state index < -0.39 is 5.41 Å². The van der Waals surface area contributed by atoms with Crippen molar-refractivity contribution < 1.29 is 0 Å². The van der Waals surface area contributed by atoms with Gasteiger partial charge in [0.25, 0.3) is 0 Å². The monoisotopic (exact) mass is 572 g/mol. The van der Waals surface area contributed by atoms with Crippen molar-refractivity contribution in [2.24, 2.45) is 0 Å². The van der Waals surface area contributed by atoms with Crippen LogP contribution < -0.4 is 0 Å². The first-order valence-corrected chi connectivity index (χ1v) is 15.4. The van der Waals surface area contributed by atoms with Crippen molar-refractivity contribution >= 4 is 21.8 Å². The topological polar surface area (TPSA) is 25.8 Å². The molecule has 0 N–H and O–H groups in total. The van der Waals surface area contributed by atoms with E-state index in [-0.39, 0.29) is 0 Å². The molecule has 2 heteroatoms. The SMILES string of the molecule is c1ccc(-c2nc3ccccc3nc2-c2ccc3c(c2)C(c2ccccc2)(c2ccccc2)c2cc4ccccc4cc2-3)cc1. The lowest BCUT2D eigenvalue weighted by Gasteiger charge is -2.34. The molecule has 7 aromatic carbocycles. The van der Waals surface area contributed by atoms with E-state index >= 15 is 0 Å².